The molecule has 0 aliphatic rings. The molecule has 0 saturated carbocycles. The molecule has 2 atom stereocenters. The molecule has 0 unspecified atom stereocenters. The van der Waals surface area contributed by atoms with E-state index in [2.05, 4.69) is 5.16 Å². The fourth-order valence-corrected chi connectivity index (χ4v) is 2.14. The molecule has 0 fully saturated rings. The van der Waals surface area contributed by atoms with Crippen LogP contribution in [0, 0.1) is 11.3 Å². The van der Waals surface area contributed by atoms with Gasteiger partial charge in [-0.05, 0) is 5.56 Å². The van der Waals surface area contributed by atoms with Gasteiger partial charge in [-0.25, -0.2) is 4.39 Å². The number of hydrogen-bond acceptors (Lipinski definition) is 5. The van der Waals surface area contributed by atoms with Crippen LogP contribution in [0.25, 0.3) is 11.3 Å². The van der Waals surface area contributed by atoms with E-state index in [0.717, 1.165) is 0 Å². The molecule has 0 aliphatic heterocycles. The first kappa shape index (κ1) is 18.5. The average molecular weight is 353 g/mol. The largest absolute Gasteiger partial charge is 0.386 e. The first-order valence-electron chi connectivity index (χ1n) is 7.21. The van der Waals surface area contributed by atoms with Crippen LogP contribution in [-0.4, -0.2) is 35.3 Å². The number of benzene rings is 1. The Balaban J connectivity index is 2.11. The number of amides is 1. The van der Waals surface area contributed by atoms with Crippen molar-refractivity contribution in [2.24, 2.45) is 0 Å². The highest BCUT2D eigenvalue weighted by Crippen LogP contribution is 2.24. The minimum absolute atomic E-state index is 0.0995. The highest BCUT2D eigenvalue weighted by Gasteiger charge is 2.26. The van der Waals surface area contributed by atoms with Crippen molar-refractivity contribution in [3.8, 4) is 17.4 Å². The molecule has 1 amide bonds. The van der Waals surface area contributed by atoms with Gasteiger partial charge in [-0.15, -0.1) is 0 Å². The summed E-state index contributed by atoms with van der Waals surface area (Å²) in [6.45, 7) is -1.21. The summed E-state index contributed by atoms with van der Waals surface area (Å²) in [6.07, 6.45) is -4.69. The molecule has 1 aromatic heterocycles. The van der Waals surface area contributed by atoms with Gasteiger partial charge in [0.1, 0.15) is 12.8 Å². The van der Waals surface area contributed by atoms with Gasteiger partial charge in [0.2, 0.25) is 0 Å². The summed E-state index contributed by atoms with van der Waals surface area (Å²) in [6, 6.07) is 8.04. The number of aromatic nitrogens is 1. The van der Waals surface area contributed by atoms with Crippen molar-refractivity contribution >= 4 is 5.91 Å². The smallest absolute Gasteiger partial charge is 0.315 e. The monoisotopic (exact) mass is 353 g/mol. The molecule has 132 valence electrons. The Morgan fingerprint density at radius 1 is 1.36 bits per heavy atom. The van der Waals surface area contributed by atoms with E-state index in [1.807, 2.05) is 6.07 Å². The third-order valence-corrected chi connectivity index (χ3v) is 3.43. The maximum absolute atomic E-state index is 13.0. The number of nitriles is 1. The van der Waals surface area contributed by atoms with Gasteiger partial charge in [0.15, 0.2) is 5.76 Å². The molecule has 0 aliphatic carbocycles. The standard InChI is InChI=1S/C16H14F3N3O3/c17-8-12(21-16(24)15(18)19)14(23)10-3-1-9(2-4-10)13-7-11(5-6-20)22-25-13/h1-4,7,12,14-15,23H,5,8H2,(H,21,24)/t12-,14-/m1/s1. The number of nitrogens with zero attached hydrogens (tertiary/aromatic N) is 2. The predicted octanol–water partition coefficient (Wildman–Crippen LogP) is 2.16. The molecular formula is C16H14F3N3O3. The molecule has 2 aromatic rings. The fourth-order valence-electron chi connectivity index (χ4n) is 2.14. The summed E-state index contributed by atoms with van der Waals surface area (Å²) in [5.41, 5.74) is 1.30. The van der Waals surface area contributed by atoms with Crippen LogP contribution in [0.1, 0.15) is 17.4 Å². The normalized spacial score (nSPS) is 13.3. The molecule has 0 radical (unpaired) electrons. The zero-order chi connectivity index (χ0) is 18.4. The van der Waals surface area contributed by atoms with E-state index in [0.29, 0.717) is 17.0 Å². The molecule has 0 bridgehead atoms. The number of nitrogens with one attached hydrogen (secondary N) is 1. The Hall–Kier alpha value is -2.86. The Kier molecular flexibility index (Phi) is 6.14. The molecule has 1 heterocycles. The van der Waals surface area contributed by atoms with Gasteiger partial charge >= 0.3 is 6.43 Å². The lowest BCUT2D eigenvalue weighted by atomic mass is 10.0. The summed E-state index contributed by atoms with van der Waals surface area (Å²) in [5.74, 6) is -1.25. The van der Waals surface area contributed by atoms with E-state index in [9.17, 15) is 23.1 Å². The molecule has 0 saturated heterocycles. The second-order valence-electron chi connectivity index (χ2n) is 5.15. The van der Waals surface area contributed by atoms with Gasteiger partial charge in [-0.1, -0.05) is 29.4 Å². The maximum atomic E-state index is 13.0. The van der Waals surface area contributed by atoms with E-state index < -0.39 is 31.2 Å². The van der Waals surface area contributed by atoms with Crippen molar-refractivity contribution in [3.05, 3.63) is 41.6 Å². The first-order chi connectivity index (χ1) is 12.0. The lowest BCUT2D eigenvalue weighted by molar-refractivity contribution is -0.133. The average Bonchev–Trinajstić information content (AvgIpc) is 3.08. The predicted molar refractivity (Wildman–Crippen MR) is 80.1 cm³/mol. The van der Waals surface area contributed by atoms with E-state index >= 15 is 0 Å². The summed E-state index contributed by atoms with van der Waals surface area (Å²) in [7, 11) is 0. The Morgan fingerprint density at radius 2 is 2.04 bits per heavy atom. The first-order valence-corrected chi connectivity index (χ1v) is 7.21. The van der Waals surface area contributed by atoms with E-state index in [1.165, 1.54) is 12.1 Å². The highest BCUT2D eigenvalue weighted by atomic mass is 19.3. The van der Waals surface area contributed by atoms with Crippen LogP contribution in [0.5, 0.6) is 0 Å². The van der Waals surface area contributed by atoms with Crippen molar-refractivity contribution in [2.45, 2.75) is 25.0 Å². The molecule has 25 heavy (non-hydrogen) atoms. The van der Waals surface area contributed by atoms with Crippen molar-refractivity contribution in [1.82, 2.24) is 10.5 Å². The Morgan fingerprint density at radius 3 is 2.60 bits per heavy atom. The molecule has 1 aromatic carbocycles. The van der Waals surface area contributed by atoms with Crippen LogP contribution in [-0.2, 0) is 11.2 Å². The van der Waals surface area contributed by atoms with Crippen molar-refractivity contribution in [3.63, 3.8) is 0 Å². The van der Waals surface area contributed by atoms with Crippen LogP contribution in [0.15, 0.2) is 34.9 Å². The lowest BCUT2D eigenvalue weighted by Crippen LogP contribution is -2.43. The zero-order valence-electron chi connectivity index (χ0n) is 12.8. The number of aliphatic hydroxyl groups excluding tert-OH is 1. The van der Waals surface area contributed by atoms with Gasteiger partial charge < -0.3 is 14.9 Å². The van der Waals surface area contributed by atoms with Crippen LogP contribution in [0.2, 0.25) is 0 Å². The number of alkyl halides is 3. The molecular weight excluding hydrogens is 339 g/mol. The maximum Gasteiger partial charge on any atom is 0.315 e. The Labute approximate surface area is 140 Å². The second kappa shape index (κ2) is 8.30. The van der Waals surface area contributed by atoms with Gasteiger partial charge in [0.25, 0.3) is 5.91 Å². The molecule has 2 N–H and O–H groups in total. The highest BCUT2D eigenvalue weighted by molar-refractivity contribution is 5.79. The van der Waals surface area contributed by atoms with E-state index in [-0.39, 0.29) is 12.0 Å². The van der Waals surface area contributed by atoms with Crippen molar-refractivity contribution in [2.75, 3.05) is 6.67 Å². The van der Waals surface area contributed by atoms with Crippen LogP contribution in [0.4, 0.5) is 13.2 Å². The zero-order valence-corrected chi connectivity index (χ0v) is 12.8. The summed E-state index contributed by atoms with van der Waals surface area (Å²) >= 11 is 0. The molecule has 9 heteroatoms. The van der Waals surface area contributed by atoms with Crippen molar-refractivity contribution in [1.29, 1.82) is 5.26 Å². The quantitative estimate of drug-likeness (QED) is 0.795. The number of hydrogen-bond donors (Lipinski definition) is 2. The van der Waals surface area contributed by atoms with Crippen LogP contribution >= 0.6 is 0 Å². The number of halogens is 3. The Bertz CT molecular complexity index is 756. The van der Waals surface area contributed by atoms with E-state index in [4.69, 9.17) is 9.78 Å². The number of carbonyl (C=O) groups excluding carboxylic acids is 1. The topological polar surface area (TPSA) is 99.2 Å². The third kappa shape index (κ3) is 4.58. The summed E-state index contributed by atoms with van der Waals surface area (Å²) in [5, 5.41) is 24.1. The minimum Gasteiger partial charge on any atom is -0.386 e. The fraction of sp³-hybridized carbons (Fsp3) is 0.312. The SMILES string of the molecule is N#CCc1cc(-c2ccc([C@@H](O)[C@@H](CF)NC(=O)C(F)F)cc2)on1. The van der Waals surface area contributed by atoms with Crippen LogP contribution < -0.4 is 5.32 Å². The van der Waals surface area contributed by atoms with Crippen LogP contribution in [0.3, 0.4) is 0 Å². The number of aliphatic hydroxyl groups is 1. The molecule has 2 rings (SSSR count). The summed E-state index contributed by atoms with van der Waals surface area (Å²) < 4.78 is 42.5. The second-order valence-corrected chi connectivity index (χ2v) is 5.15. The number of rotatable bonds is 7. The number of carbonyl (C=O) groups is 1. The van der Waals surface area contributed by atoms with E-state index in [1.54, 1.807) is 23.5 Å². The third-order valence-electron chi connectivity index (χ3n) is 3.43. The molecule has 6 nitrogen and oxygen atoms in total. The van der Waals surface area contributed by atoms with Crippen molar-refractivity contribution < 1.29 is 27.6 Å². The van der Waals surface area contributed by atoms with Gasteiger partial charge in [0.05, 0.1) is 24.2 Å². The van der Waals surface area contributed by atoms with Gasteiger partial charge in [0, 0.05) is 11.6 Å². The summed E-state index contributed by atoms with van der Waals surface area (Å²) in [4.78, 5) is 11.0. The minimum atomic E-state index is -3.29. The van der Waals surface area contributed by atoms with Gasteiger partial charge in [-0.3, -0.25) is 4.79 Å². The lowest BCUT2D eigenvalue weighted by Gasteiger charge is -2.21. The van der Waals surface area contributed by atoms with Gasteiger partial charge in [-0.2, -0.15) is 14.0 Å². The molecule has 0 spiro atoms.